The zero-order valence-corrected chi connectivity index (χ0v) is 23.5. The van der Waals surface area contributed by atoms with Crippen molar-refractivity contribution in [1.29, 1.82) is 0 Å². The molecule has 1 saturated heterocycles. The molecule has 1 heterocycles. The molecule has 1 aliphatic heterocycles. The van der Waals surface area contributed by atoms with Crippen molar-refractivity contribution in [2.75, 3.05) is 19.7 Å². The number of rotatable bonds is 10. The van der Waals surface area contributed by atoms with Crippen LogP contribution >= 0.6 is 0 Å². The lowest BCUT2D eigenvalue weighted by Crippen LogP contribution is -2.57. The molecule has 0 spiro atoms. The number of amides is 2. The van der Waals surface area contributed by atoms with E-state index in [0.29, 0.717) is 19.5 Å². The zero-order valence-electron chi connectivity index (χ0n) is 23.5. The van der Waals surface area contributed by atoms with E-state index in [-0.39, 0.29) is 31.4 Å². The fourth-order valence-corrected chi connectivity index (χ4v) is 5.96. The van der Waals surface area contributed by atoms with Gasteiger partial charge < -0.3 is 20.5 Å². The van der Waals surface area contributed by atoms with Crippen LogP contribution in [0.2, 0.25) is 0 Å². The number of benzene rings is 3. The minimum atomic E-state index is -1.36. The van der Waals surface area contributed by atoms with Crippen LogP contribution < -0.4 is 10.6 Å². The number of nitrogens with zero attached hydrogens (tertiary/aromatic N) is 1. The van der Waals surface area contributed by atoms with Crippen molar-refractivity contribution in [3.63, 3.8) is 0 Å². The molecule has 0 bridgehead atoms. The Morgan fingerprint density at radius 3 is 2.17 bits per heavy atom. The zero-order chi connectivity index (χ0) is 29.0. The third-order valence-corrected chi connectivity index (χ3v) is 8.24. The highest BCUT2D eigenvalue weighted by Gasteiger charge is 2.46. The van der Waals surface area contributed by atoms with Gasteiger partial charge in [-0.05, 0) is 40.2 Å². The summed E-state index contributed by atoms with van der Waals surface area (Å²) in [5.41, 5.74) is 4.27. The number of carbonyl (C=O) groups is 3. The number of nitrogens with one attached hydrogen (secondary N) is 2. The SMILES string of the molecule is CC(C)[C@@H](CC(=O)NC1(C(=O)O)CCN(Cc2ccccc2)C1)NC(=O)OCC1c2ccccc2-c2ccccc21. The van der Waals surface area contributed by atoms with Crippen molar-refractivity contribution < 1.29 is 24.2 Å². The van der Waals surface area contributed by atoms with E-state index in [1.165, 1.54) is 0 Å². The first-order valence-electron chi connectivity index (χ1n) is 14.2. The first kappa shape index (κ1) is 28.4. The molecule has 2 aliphatic rings. The Kier molecular flexibility index (Phi) is 8.40. The van der Waals surface area contributed by atoms with E-state index in [0.717, 1.165) is 27.8 Å². The van der Waals surface area contributed by atoms with Gasteiger partial charge in [0.05, 0.1) is 0 Å². The van der Waals surface area contributed by atoms with Gasteiger partial charge in [0.25, 0.3) is 0 Å². The number of alkyl carbamates (subject to hydrolysis) is 1. The molecule has 1 fully saturated rings. The van der Waals surface area contributed by atoms with Gasteiger partial charge in [-0.25, -0.2) is 9.59 Å². The van der Waals surface area contributed by atoms with E-state index in [1.807, 2.05) is 73.3 Å². The lowest BCUT2D eigenvalue weighted by Gasteiger charge is -2.28. The first-order valence-corrected chi connectivity index (χ1v) is 14.2. The Morgan fingerprint density at radius 2 is 1.56 bits per heavy atom. The summed E-state index contributed by atoms with van der Waals surface area (Å²) in [6, 6.07) is 25.6. The van der Waals surface area contributed by atoms with Crippen molar-refractivity contribution in [2.24, 2.45) is 5.92 Å². The van der Waals surface area contributed by atoms with Crippen LogP contribution in [0.15, 0.2) is 78.9 Å². The van der Waals surface area contributed by atoms with Crippen molar-refractivity contribution in [2.45, 2.75) is 50.7 Å². The molecule has 214 valence electrons. The molecule has 3 aromatic rings. The van der Waals surface area contributed by atoms with Gasteiger partial charge in [0.1, 0.15) is 6.61 Å². The van der Waals surface area contributed by atoms with Crippen molar-refractivity contribution in [1.82, 2.24) is 15.5 Å². The molecule has 2 atom stereocenters. The quantitative estimate of drug-likeness (QED) is 0.332. The van der Waals surface area contributed by atoms with Crippen LogP contribution in [0.4, 0.5) is 4.79 Å². The number of ether oxygens (including phenoxy) is 1. The molecular weight excluding hydrogens is 518 g/mol. The summed E-state index contributed by atoms with van der Waals surface area (Å²) in [5.74, 6) is -1.59. The molecule has 2 amide bonds. The maximum atomic E-state index is 13.1. The maximum absolute atomic E-state index is 13.1. The predicted octanol–water partition coefficient (Wildman–Crippen LogP) is 4.79. The van der Waals surface area contributed by atoms with Gasteiger partial charge in [-0.1, -0.05) is 92.7 Å². The highest BCUT2D eigenvalue weighted by molar-refractivity contribution is 5.88. The van der Waals surface area contributed by atoms with E-state index in [4.69, 9.17) is 4.74 Å². The van der Waals surface area contributed by atoms with Crippen molar-refractivity contribution >= 4 is 18.0 Å². The van der Waals surface area contributed by atoms with Crippen LogP contribution in [0, 0.1) is 5.92 Å². The molecule has 1 unspecified atom stereocenters. The topological polar surface area (TPSA) is 108 Å². The second-order valence-corrected chi connectivity index (χ2v) is 11.4. The van der Waals surface area contributed by atoms with Crippen LogP contribution in [0.5, 0.6) is 0 Å². The summed E-state index contributed by atoms with van der Waals surface area (Å²) in [6.07, 6.45) is -0.330. The Morgan fingerprint density at radius 1 is 0.951 bits per heavy atom. The number of hydrogen-bond acceptors (Lipinski definition) is 5. The van der Waals surface area contributed by atoms with Crippen LogP contribution in [0.1, 0.15) is 49.3 Å². The monoisotopic (exact) mass is 555 g/mol. The average Bonchev–Trinajstić information content (AvgIpc) is 3.51. The fourth-order valence-electron chi connectivity index (χ4n) is 5.96. The molecule has 0 aromatic heterocycles. The number of carbonyl (C=O) groups excluding carboxylic acids is 2. The Balaban J connectivity index is 1.17. The summed E-state index contributed by atoms with van der Waals surface area (Å²) < 4.78 is 5.68. The molecule has 0 radical (unpaired) electrons. The molecule has 0 saturated carbocycles. The summed E-state index contributed by atoms with van der Waals surface area (Å²) in [7, 11) is 0. The molecule has 8 nitrogen and oxygen atoms in total. The summed E-state index contributed by atoms with van der Waals surface area (Å²) >= 11 is 0. The number of fused-ring (bicyclic) bond motifs is 3. The molecule has 1 aliphatic carbocycles. The predicted molar refractivity (Wildman–Crippen MR) is 156 cm³/mol. The molecule has 3 N–H and O–H groups in total. The van der Waals surface area contributed by atoms with Crippen molar-refractivity contribution in [3.05, 3.63) is 95.6 Å². The highest BCUT2D eigenvalue weighted by atomic mass is 16.5. The van der Waals surface area contributed by atoms with Crippen LogP contribution in [0.25, 0.3) is 11.1 Å². The smallest absolute Gasteiger partial charge is 0.407 e. The van der Waals surface area contributed by atoms with Gasteiger partial charge in [-0.3, -0.25) is 9.69 Å². The lowest BCUT2D eigenvalue weighted by molar-refractivity contribution is -0.147. The molecular formula is C33H37N3O5. The minimum absolute atomic E-state index is 0.0461. The van der Waals surface area contributed by atoms with Crippen molar-refractivity contribution in [3.8, 4) is 11.1 Å². The number of likely N-dealkylation sites (tertiary alicyclic amines) is 1. The Hall–Kier alpha value is -4.17. The molecule has 41 heavy (non-hydrogen) atoms. The average molecular weight is 556 g/mol. The number of carboxylic acids is 1. The lowest BCUT2D eigenvalue weighted by atomic mass is 9.96. The summed E-state index contributed by atoms with van der Waals surface area (Å²) in [4.78, 5) is 40.4. The van der Waals surface area contributed by atoms with Gasteiger partial charge in [0, 0.05) is 38.0 Å². The van der Waals surface area contributed by atoms with E-state index < -0.39 is 29.6 Å². The molecule has 8 heteroatoms. The first-order chi connectivity index (χ1) is 19.8. The van der Waals surface area contributed by atoms with E-state index >= 15 is 0 Å². The van der Waals surface area contributed by atoms with Gasteiger partial charge in [0.15, 0.2) is 5.54 Å². The van der Waals surface area contributed by atoms with Gasteiger partial charge in [-0.2, -0.15) is 0 Å². The number of carboxylic acid groups (broad SMARTS) is 1. The Bertz CT molecular complexity index is 1360. The largest absolute Gasteiger partial charge is 0.479 e. The Labute approximate surface area is 240 Å². The van der Waals surface area contributed by atoms with Crippen LogP contribution in [-0.2, 0) is 20.9 Å². The van der Waals surface area contributed by atoms with Crippen LogP contribution in [0.3, 0.4) is 0 Å². The second-order valence-electron chi connectivity index (χ2n) is 11.4. The number of aliphatic carboxylic acids is 1. The molecule has 3 aromatic carbocycles. The summed E-state index contributed by atoms with van der Waals surface area (Å²) in [6.45, 7) is 5.39. The normalized spacial score (nSPS) is 18.9. The van der Waals surface area contributed by atoms with E-state index in [9.17, 15) is 19.5 Å². The third kappa shape index (κ3) is 6.28. The second kappa shape index (κ2) is 12.1. The minimum Gasteiger partial charge on any atom is -0.479 e. The van der Waals surface area contributed by atoms with E-state index in [1.54, 1.807) is 0 Å². The van der Waals surface area contributed by atoms with E-state index in [2.05, 4.69) is 34.9 Å². The van der Waals surface area contributed by atoms with Gasteiger partial charge >= 0.3 is 12.1 Å². The molecule has 5 rings (SSSR count). The fraction of sp³-hybridized carbons (Fsp3) is 0.364. The maximum Gasteiger partial charge on any atom is 0.407 e. The third-order valence-electron chi connectivity index (χ3n) is 8.24. The van der Waals surface area contributed by atoms with Crippen LogP contribution in [-0.4, -0.2) is 59.3 Å². The van der Waals surface area contributed by atoms with Gasteiger partial charge in [0.2, 0.25) is 5.91 Å². The van der Waals surface area contributed by atoms with Gasteiger partial charge in [-0.15, -0.1) is 0 Å². The highest BCUT2D eigenvalue weighted by Crippen LogP contribution is 2.44. The number of hydrogen-bond donors (Lipinski definition) is 3. The summed E-state index contributed by atoms with van der Waals surface area (Å²) in [5, 5.41) is 15.7. The standard InChI is InChI=1S/C33H37N3O5/c1-22(2)29(18-30(37)35-33(31(38)39)16-17-36(21-33)19-23-10-4-3-5-11-23)34-32(40)41-20-28-26-14-8-6-12-24(26)25-13-7-9-15-27(25)28/h3-15,22,28-29H,16-21H2,1-2H3,(H,34,40)(H,35,37)(H,38,39)/t29-,33?/m1/s1.